The summed E-state index contributed by atoms with van der Waals surface area (Å²) in [5, 5.41) is 9.47. The standard InChI is InChI=1S/C13H9ClFN3O/c1-6-7(3-11-13(18-6)17-5-16-11)8-2-9(14)12(19)4-10(8)15/h2-5,19H,1H3,(H,16,17,18). The van der Waals surface area contributed by atoms with Crippen LogP contribution in [0.4, 0.5) is 4.39 Å². The number of aromatic amines is 1. The van der Waals surface area contributed by atoms with Crippen molar-refractivity contribution in [2.24, 2.45) is 0 Å². The third kappa shape index (κ3) is 1.92. The van der Waals surface area contributed by atoms with Crippen molar-refractivity contribution in [2.75, 3.05) is 0 Å². The van der Waals surface area contributed by atoms with Gasteiger partial charge in [-0.25, -0.2) is 14.4 Å². The van der Waals surface area contributed by atoms with Gasteiger partial charge in [-0.2, -0.15) is 0 Å². The minimum Gasteiger partial charge on any atom is -0.506 e. The number of imidazole rings is 1. The number of hydrogen-bond donors (Lipinski definition) is 2. The zero-order chi connectivity index (χ0) is 13.6. The van der Waals surface area contributed by atoms with E-state index in [1.165, 1.54) is 12.4 Å². The van der Waals surface area contributed by atoms with E-state index in [2.05, 4.69) is 15.0 Å². The van der Waals surface area contributed by atoms with Crippen LogP contribution in [0.5, 0.6) is 5.75 Å². The van der Waals surface area contributed by atoms with Crippen LogP contribution in [0.25, 0.3) is 22.3 Å². The normalized spacial score (nSPS) is 11.1. The maximum absolute atomic E-state index is 13.9. The molecule has 3 aromatic rings. The Morgan fingerprint density at radius 3 is 2.84 bits per heavy atom. The lowest BCUT2D eigenvalue weighted by Crippen LogP contribution is -1.92. The van der Waals surface area contributed by atoms with Gasteiger partial charge in [0.1, 0.15) is 11.6 Å². The summed E-state index contributed by atoms with van der Waals surface area (Å²) < 4.78 is 13.9. The minimum atomic E-state index is -0.550. The maximum atomic E-state index is 13.9. The molecule has 0 saturated carbocycles. The van der Waals surface area contributed by atoms with E-state index >= 15 is 0 Å². The third-order valence-corrected chi connectivity index (χ3v) is 3.23. The van der Waals surface area contributed by atoms with Gasteiger partial charge in [0.15, 0.2) is 5.65 Å². The molecule has 3 rings (SSSR count). The van der Waals surface area contributed by atoms with Gasteiger partial charge in [-0.3, -0.25) is 0 Å². The number of aryl methyl sites for hydroxylation is 1. The zero-order valence-electron chi connectivity index (χ0n) is 9.91. The van der Waals surface area contributed by atoms with E-state index in [0.717, 1.165) is 6.07 Å². The molecule has 0 bridgehead atoms. The molecule has 0 aliphatic carbocycles. The van der Waals surface area contributed by atoms with Gasteiger partial charge in [-0.05, 0) is 19.1 Å². The number of fused-ring (bicyclic) bond motifs is 1. The van der Waals surface area contributed by atoms with Gasteiger partial charge >= 0.3 is 0 Å². The predicted octanol–water partition coefficient (Wildman–Crippen LogP) is 3.43. The van der Waals surface area contributed by atoms with Crippen LogP contribution in [0.15, 0.2) is 24.5 Å². The second kappa shape index (κ2) is 4.20. The van der Waals surface area contributed by atoms with Crippen molar-refractivity contribution in [3.05, 3.63) is 41.1 Å². The maximum Gasteiger partial charge on any atom is 0.177 e. The zero-order valence-corrected chi connectivity index (χ0v) is 10.7. The van der Waals surface area contributed by atoms with Gasteiger partial charge in [0.05, 0.1) is 16.9 Å². The highest BCUT2D eigenvalue weighted by atomic mass is 35.5. The van der Waals surface area contributed by atoms with Crippen LogP contribution in [-0.4, -0.2) is 20.1 Å². The fourth-order valence-corrected chi connectivity index (χ4v) is 2.14. The molecule has 19 heavy (non-hydrogen) atoms. The van der Waals surface area contributed by atoms with Gasteiger partial charge in [0.2, 0.25) is 0 Å². The van der Waals surface area contributed by atoms with E-state index in [4.69, 9.17) is 11.6 Å². The average Bonchev–Trinajstić information content (AvgIpc) is 2.80. The fourth-order valence-electron chi connectivity index (χ4n) is 1.98. The molecule has 0 fully saturated rings. The van der Waals surface area contributed by atoms with E-state index in [1.807, 2.05) is 0 Å². The topological polar surface area (TPSA) is 61.8 Å². The van der Waals surface area contributed by atoms with Crippen molar-refractivity contribution < 1.29 is 9.50 Å². The first kappa shape index (κ1) is 11.9. The molecule has 0 aliphatic heterocycles. The summed E-state index contributed by atoms with van der Waals surface area (Å²) >= 11 is 5.83. The van der Waals surface area contributed by atoms with Crippen LogP contribution in [0.2, 0.25) is 5.02 Å². The van der Waals surface area contributed by atoms with Crippen molar-refractivity contribution in [1.82, 2.24) is 15.0 Å². The summed E-state index contributed by atoms with van der Waals surface area (Å²) in [6.07, 6.45) is 1.53. The molecule has 4 nitrogen and oxygen atoms in total. The summed E-state index contributed by atoms with van der Waals surface area (Å²) in [4.78, 5) is 11.3. The summed E-state index contributed by atoms with van der Waals surface area (Å²) in [6, 6.07) is 4.14. The molecule has 0 saturated heterocycles. The Morgan fingerprint density at radius 2 is 2.05 bits per heavy atom. The van der Waals surface area contributed by atoms with Crippen LogP contribution >= 0.6 is 11.6 Å². The third-order valence-electron chi connectivity index (χ3n) is 2.93. The fraction of sp³-hybridized carbons (Fsp3) is 0.0769. The first-order valence-corrected chi connectivity index (χ1v) is 5.93. The van der Waals surface area contributed by atoms with E-state index in [1.54, 1.807) is 13.0 Å². The van der Waals surface area contributed by atoms with E-state index in [9.17, 15) is 9.50 Å². The lowest BCUT2D eigenvalue weighted by Gasteiger charge is -2.08. The summed E-state index contributed by atoms with van der Waals surface area (Å²) in [5.41, 5.74) is 2.83. The number of aromatic hydroxyl groups is 1. The molecular formula is C13H9ClFN3O. The Hall–Kier alpha value is -2.14. The smallest absolute Gasteiger partial charge is 0.177 e. The van der Waals surface area contributed by atoms with Crippen LogP contribution in [0.1, 0.15) is 5.69 Å². The number of phenols is 1. The molecule has 0 radical (unpaired) electrons. The minimum absolute atomic E-state index is 0.0977. The average molecular weight is 278 g/mol. The number of pyridine rings is 1. The Bertz CT molecular complexity index is 785. The second-order valence-corrected chi connectivity index (χ2v) is 4.59. The Kier molecular flexibility index (Phi) is 2.64. The molecule has 6 heteroatoms. The quantitative estimate of drug-likeness (QED) is 0.716. The molecule has 96 valence electrons. The molecule has 2 N–H and O–H groups in total. The number of phenolic OH excluding ortho intramolecular Hbond substituents is 1. The summed E-state index contributed by atoms with van der Waals surface area (Å²) in [7, 11) is 0. The van der Waals surface area contributed by atoms with Crippen molar-refractivity contribution in [1.29, 1.82) is 0 Å². The van der Waals surface area contributed by atoms with Crippen molar-refractivity contribution in [3.8, 4) is 16.9 Å². The van der Waals surface area contributed by atoms with Gasteiger partial charge < -0.3 is 10.1 Å². The number of rotatable bonds is 1. The molecule has 2 aromatic heterocycles. The Morgan fingerprint density at radius 1 is 1.26 bits per heavy atom. The number of hydrogen-bond acceptors (Lipinski definition) is 3. The molecule has 0 amide bonds. The summed E-state index contributed by atoms with van der Waals surface area (Å²) in [6.45, 7) is 1.77. The largest absolute Gasteiger partial charge is 0.506 e. The lowest BCUT2D eigenvalue weighted by molar-refractivity contribution is 0.469. The van der Waals surface area contributed by atoms with Crippen LogP contribution in [-0.2, 0) is 0 Å². The highest BCUT2D eigenvalue weighted by Crippen LogP contribution is 2.34. The number of benzene rings is 1. The first-order valence-electron chi connectivity index (χ1n) is 5.55. The second-order valence-electron chi connectivity index (χ2n) is 4.18. The SMILES string of the molecule is Cc1nc2nc[nH]c2cc1-c1cc(Cl)c(O)cc1F. The number of nitrogens with one attached hydrogen (secondary N) is 1. The van der Waals surface area contributed by atoms with Crippen molar-refractivity contribution >= 4 is 22.8 Å². The molecule has 1 aromatic carbocycles. The van der Waals surface area contributed by atoms with Crippen LogP contribution in [0, 0.1) is 12.7 Å². The van der Waals surface area contributed by atoms with Crippen LogP contribution in [0.3, 0.4) is 0 Å². The van der Waals surface area contributed by atoms with Crippen LogP contribution < -0.4 is 0 Å². The van der Waals surface area contributed by atoms with E-state index in [0.29, 0.717) is 28.0 Å². The Labute approximate surface area is 112 Å². The monoisotopic (exact) mass is 277 g/mol. The number of aromatic nitrogens is 3. The van der Waals surface area contributed by atoms with Gasteiger partial charge in [-0.1, -0.05) is 11.6 Å². The van der Waals surface area contributed by atoms with Crippen molar-refractivity contribution in [3.63, 3.8) is 0 Å². The Balaban J connectivity index is 2.29. The highest BCUT2D eigenvalue weighted by Gasteiger charge is 2.14. The number of halogens is 2. The number of H-pyrrole nitrogens is 1. The van der Waals surface area contributed by atoms with Crippen molar-refractivity contribution in [2.45, 2.75) is 6.92 Å². The molecule has 0 unspecified atom stereocenters. The lowest BCUT2D eigenvalue weighted by atomic mass is 10.0. The molecule has 0 atom stereocenters. The number of nitrogens with zero attached hydrogens (tertiary/aromatic N) is 2. The predicted molar refractivity (Wildman–Crippen MR) is 70.7 cm³/mol. The van der Waals surface area contributed by atoms with Gasteiger partial charge in [0.25, 0.3) is 0 Å². The van der Waals surface area contributed by atoms with E-state index in [-0.39, 0.29) is 10.8 Å². The van der Waals surface area contributed by atoms with E-state index < -0.39 is 5.82 Å². The summed E-state index contributed by atoms with van der Waals surface area (Å²) in [5.74, 6) is -0.832. The molecule has 0 aliphatic rings. The molecular weight excluding hydrogens is 269 g/mol. The molecule has 2 heterocycles. The molecule has 0 spiro atoms. The van der Waals surface area contributed by atoms with Gasteiger partial charge in [0, 0.05) is 22.9 Å². The first-order chi connectivity index (χ1) is 9.06. The van der Waals surface area contributed by atoms with Gasteiger partial charge in [-0.15, -0.1) is 0 Å². The highest BCUT2D eigenvalue weighted by molar-refractivity contribution is 6.32.